The number of nitrogens with zero attached hydrogens (tertiary/aromatic N) is 2. The highest BCUT2D eigenvalue weighted by Gasteiger charge is 2.43. The van der Waals surface area contributed by atoms with Gasteiger partial charge in [0.1, 0.15) is 18.4 Å². The van der Waals surface area contributed by atoms with E-state index in [2.05, 4.69) is 0 Å². The van der Waals surface area contributed by atoms with Crippen LogP contribution in [0.1, 0.15) is 61.3 Å². The molecule has 0 spiro atoms. The first kappa shape index (κ1) is 20.6. The van der Waals surface area contributed by atoms with Crippen molar-refractivity contribution < 1.29 is 14.0 Å². The molecule has 1 saturated heterocycles. The molecule has 158 valence electrons. The SMILES string of the molecule is Cc1ccc(CN2C(=O)CN(C3CCCCCC3)C(=O)[C@@H]2c2ccccc2F)cc1. The van der Waals surface area contributed by atoms with Crippen LogP contribution in [0.15, 0.2) is 48.5 Å². The Balaban J connectivity index is 1.68. The first-order valence-corrected chi connectivity index (χ1v) is 10.9. The first-order chi connectivity index (χ1) is 14.5. The fraction of sp³-hybridized carbons (Fsp3) is 0.440. The van der Waals surface area contributed by atoms with Crippen molar-refractivity contribution in [3.05, 3.63) is 71.0 Å². The van der Waals surface area contributed by atoms with Gasteiger partial charge in [0, 0.05) is 18.2 Å². The second-order valence-corrected chi connectivity index (χ2v) is 8.54. The lowest BCUT2D eigenvalue weighted by Crippen LogP contribution is -2.58. The topological polar surface area (TPSA) is 40.6 Å². The van der Waals surface area contributed by atoms with Crippen molar-refractivity contribution in [3.8, 4) is 0 Å². The molecule has 0 radical (unpaired) electrons. The molecule has 1 heterocycles. The fourth-order valence-electron chi connectivity index (χ4n) is 4.69. The van der Waals surface area contributed by atoms with E-state index in [4.69, 9.17) is 0 Å². The number of halogens is 1. The van der Waals surface area contributed by atoms with Crippen molar-refractivity contribution in [2.45, 2.75) is 64.1 Å². The Morgan fingerprint density at radius 1 is 0.933 bits per heavy atom. The molecule has 0 aromatic heterocycles. The number of carbonyl (C=O) groups excluding carboxylic acids is 2. The van der Waals surface area contributed by atoms with Crippen molar-refractivity contribution in [2.75, 3.05) is 6.54 Å². The molecular formula is C25H29FN2O2. The molecule has 2 aromatic rings. The summed E-state index contributed by atoms with van der Waals surface area (Å²) in [7, 11) is 0. The van der Waals surface area contributed by atoms with Gasteiger partial charge in [0.05, 0.1) is 0 Å². The molecule has 0 N–H and O–H groups in total. The van der Waals surface area contributed by atoms with Gasteiger partial charge in [-0.2, -0.15) is 0 Å². The quantitative estimate of drug-likeness (QED) is 0.684. The minimum Gasteiger partial charge on any atom is -0.328 e. The van der Waals surface area contributed by atoms with Crippen LogP contribution in [0.3, 0.4) is 0 Å². The van der Waals surface area contributed by atoms with Gasteiger partial charge in [-0.3, -0.25) is 9.59 Å². The van der Waals surface area contributed by atoms with Gasteiger partial charge >= 0.3 is 0 Å². The monoisotopic (exact) mass is 408 g/mol. The Labute approximate surface area is 177 Å². The summed E-state index contributed by atoms with van der Waals surface area (Å²) >= 11 is 0. The molecule has 4 rings (SSSR count). The maximum atomic E-state index is 14.8. The van der Waals surface area contributed by atoms with E-state index in [9.17, 15) is 14.0 Å². The molecule has 1 atom stereocenters. The third-order valence-electron chi connectivity index (χ3n) is 6.39. The zero-order chi connectivity index (χ0) is 21.1. The van der Waals surface area contributed by atoms with Crippen LogP contribution < -0.4 is 0 Å². The van der Waals surface area contributed by atoms with E-state index < -0.39 is 11.9 Å². The van der Waals surface area contributed by atoms with Gasteiger partial charge in [0.25, 0.3) is 5.91 Å². The van der Waals surface area contributed by atoms with Gasteiger partial charge < -0.3 is 9.80 Å². The minimum atomic E-state index is -0.919. The van der Waals surface area contributed by atoms with E-state index in [-0.39, 0.29) is 30.0 Å². The summed E-state index contributed by atoms with van der Waals surface area (Å²) in [6, 6.07) is 13.4. The third-order valence-corrected chi connectivity index (χ3v) is 6.39. The Bertz CT molecular complexity index is 904. The molecule has 1 aliphatic carbocycles. The summed E-state index contributed by atoms with van der Waals surface area (Å²) in [5.74, 6) is -0.716. The van der Waals surface area contributed by atoms with E-state index in [1.54, 1.807) is 28.0 Å². The molecule has 30 heavy (non-hydrogen) atoms. The van der Waals surface area contributed by atoms with Crippen LogP contribution in [0.25, 0.3) is 0 Å². The predicted octanol–water partition coefficient (Wildman–Crippen LogP) is 4.77. The summed E-state index contributed by atoms with van der Waals surface area (Å²) in [5.41, 5.74) is 2.34. The zero-order valence-corrected chi connectivity index (χ0v) is 17.5. The molecule has 2 amide bonds. The lowest BCUT2D eigenvalue weighted by molar-refractivity contribution is -0.159. The molecule has 1 aliphatic heterocycles. The average Bonchev–Trinajstić information content (AvgIpc) is 3.02. The summed E-state index contributed by atoms with van der Waals surface area (Å²) in [6.07, 6.45) is 6.31. The number of hydrogen-bond donors (Lipinski definition) is 0. The molecule has 0 bridgehead atoms. The van der Waals surface area contributed by atoms with Crippen molar-refractivity contribution in [2.24, 2.45) is 0 Å². The van der Waals surface area contributed by atoms with E-state index in [0.717, 1.165) is 36.8 Å². The van der Waals surface area contributed by atoms with Crippen LogP contribution in [0.4, 0.5) is 4.39 Å². The maximum absolute atomic E-state index is 14.8. The lowest BCUT2D eigenvalue weighted by Gasteiger charge is -2.43. The Kier molecular flexibility index (Phi) is 6.16. The van der Waals surface area contributed by atoms with Crippen molar-refractivity contribution in [3.63, 3.8) is 0 Å². The Morgan fingerprint density at radius 3 is 2.27 bits per heavy atom. The smallest absolute Gasteiger partial charge is 0.250 e. The highest BCUT2D eigenvalue weighted by Crippen LogP contribution is 2.34. The molecule has 2 aromatic carbocycles. The number of rotatable bonds is 4. The van der Waals surface area contributed by atoms with Crippen LogP contribution in [0.2, 0.25) is 0 Å². The second kappa shape index (κ2) is 8.99. The van der Waals surface area contributed by atoms with Gasteiger partial charge in [-0.05, 0) is 31.4 Å². The maximum Gasteiger partial charge on any atom is 0.250 e. The van der Waals surface area contributed by atoms with E-state index in [1.807, 2.05) is 31.2 Å². The number of piperazine rings is 1. The molecule has 5 heteroatoms. The first-order valence-electron chi connectivity index (χ1n) is 10.9. The number of hydrogen-bond acceptors (Lipinski definition) is 2. The minimum absolute atomic E-state index is 0.0692. The van der Waals surface area contributed by atoms with Gasteiger partial charge in [0.15, 0.2) is 0 Å². The normalized spacial score (nSPS) is 21.1. The van der Waals surface area contributed by atoms with Crippen molar-refractivity contribution >= 4 is 11.8 Å². The number of benzene rings is 2. The Morgan fingerprint density at radius 2 is 1.60 bits per heavy atom. The summed E-state index contributed by atoms with van der Waals surface area (Å²) < 4.78 is 14.8. The number of amides is 2. The molecule has 2 aliphatic rings. The summed E-state index contributed by atoms with van der Waals surface area (Å²) in [6.45, 7) is 2.38. The van der Waals surface area contributed by atoms with Crippen molar-refractivity contribution in [1.82, 2.24) is 9.80 Å². The molecular weight excluding hydrogens is 379 g/mol. The predicted molar refractivity (Wildman–Crippen MR) is 114 cm³/mol. The zero-order valence-electron chi connectivity index (χ0n) is 17.5. The van der Waals surface area contributed by atoms with E-state index in [0.29, 0.717) is 6.54 Å². The Hall–Kier alpha value is -2.69. The van der Waals surface area contributed by atoms with Crippen LogP contribution in [-0.2, 0) is 16.1 Å². The standard InChI is InChI=1S/C25H29FN2O2/c1-18-12-14-19(15-13-18)16-28-23(29)17-27(20-8-4-2-3-5-9-20)25(30)24(28)21-10-6-7-11-22(21)26/h6-7,10-15,20,24H,2-5,8-9,16-17H2,1H3/t24-/m0/s1. The van der Waals surface area contributed by atoms with Gasteiger partial charge in [0.2, 0.25) is 5.91 Å². The summed E-state index contributed by atoms with van der Waals surface area (Å²) in [4.78, 5) is 30.2. The lowest BCUT2D eigenvalue weighted by atomic mass is 9.96. The molecule has 1 saturated carbocycles. The van der Waals surface area contributed by atoms with Crippen molar-refractivity contribution in [1.29, 1.82) is 0 Å². The summed E-state index contributed by atoms with van der Waals surface area (Å²) in [5, 5.41) is 0. The van der Waals surface area contributed by atoms with Crippen LogP contribution in [-0.4, -0.2) is 34.2 Å². The number of carbonyl (C=O) groups is 2. The average molecular weight is 409 g/mol. The van der Waals surface area contributed by atoms with E-state index in [1.165, 1.54) is 18.9 Å². The molecule has 0 unspecified atom stereocenters. The van der Waals surface area contributed by atoms with Gasteiger partial charge in [-0.25, -0.2) is 4.39 Å². The third kappa shape index (κ3) is 4.25. The van der Waals surface area contributed by atoms with Crippen LogP contribution in [0.5, 0.6) is 0 Å². The largest absolute Gasteiger partial charge is 0.328 e. The van der Waals surface area contributed by atoms with Gasteiger partial charge in [-0.1, -0.05) is 73.7 Å². The fourth-order valence-corrected chi connectivity index (χ4v) is 4.69. The number of aryl methyl sites for hydroxylation is 1. The molecule has 2 fully saturated rings. The second-order valence-electron chi connectivity index (χ2n) is 8.54. The van der Waals surface area contributed by atoms with Crippen LogP contribution in [0, 0.1) is 12.7 Å². The highest BCUT2D eigenvalue weighted by atomic mass is 19.1. The van der Waals surface area contributed by atoms with Gasteiger partial charge in [-0.15, -0.1) is 0 Å². The van der Waals surface area contributed by atoms with E-state index >= 15 is 0 Å². The molecule has 4 nitrogen and oxygen atoms in total. The van der Waals surface area contributed by atoms with Crippen LogP contribution >= 0.6 is 0 Å². The highest BCUT2D eigenvalue weighted by molar-refractivity contribution is 5.95.